The Bertz CT molecular complexity index is 1260. The van der Waals surface area contributed by atoms with Crippen LogP contribution in [-0.2, 0) is 4.79 Å². The van der Waals surface area contributed by atoms with Gasteiger partial charge in [-0.1, -0.05) is 64.8 Å². The lowest BCUT2D eigenvalue weighted by Crippen LogP contribution is -2.15. The zero-order valence-corrected chi connectivity index (χ0v) is 21.2. The Hall–Kier alpha value is -3.62. The van der Waals surface area contributed by atoms with Crippen LogP contribution in [0.15, 0.2) is 71.9 Å². The van der Waals surface area contributed by atoms with Crippen LogP contribution in [0.2, 0.25) is 5.02 Å². The van der Waals surface area contributed by atoms with Crippen molar-refractivity contribution in [3.05, 3.63) is 88.4 Å². The first-order valence-corrected chi connectivity index (χ1v) is 12.3. The minimum atomic E-state index is -0.179. The minimum Gasteiger partial charge on any atom is -0.325 e. The number of thioether (sulfide) groups is 1. The number of anilines is 5. The Balaban J connectivity index is 1.52. The average molecular weight is 505 g/mol. The molecule has 0 radical (unpaired) electrons. The summed E-state index contributed by atoms with van der Waals surface area (Å²) in [5.74, 6) is 0.713. The zero-order chi connectivity index (χ0) is 24.8. The second-order valence-corrected chi connectivity index (χ2v) is 9.42. The molecule has 1 heterocycles. The van der Waals surface area contributed by atoms with Gasteiger partial charge in [-0.05, 0) is 62.7 Å². The second-order valence-electron chi connectivity index (χ2n) is 8.04. The van der Waals surface area contributed by atoms with E-state index in [1.165, 1.54) is 11.8 Å². The van der Waals surface area contributed by atoms with Crippen LogP contribution >= 0.6 is 23.4 Å². The smallest absolute Gasteiger partial charge is 0.234 e. The standard InChI is InChI=1S/C26H25ClN6OS/c1-16-4-10-20(11-5-16)28-24-31-25(29-21-12-6-17(2)7-13-21)33-26(32-24)35-15-23(34)30-22-14-19(27)9-8-18(22)3/h4-14H,15H2,1-3H3,(H,30,34)(H2,28,29,31,32,33). The van der Waals surface area contributed by atoms with Crippen LogP contribution in [0.5, 0.6) is 0 Å². The molecule has 4 aromatic rings. The van der Waals surface area contributed by atoms with Gasteiger partial charge in [0, 0.05) is 22.1 Å². The van der Waals surface area contributed by atoms with Crippen molar-refractivity contribution in [2.24, 2.45) is 0 Å². The van der Waals surface area contributed by atoms with Crippen LogP contribution < -0.4 is 16.0 Å². The number of carbonyl (C=O) groups is 1. The van der Waals surface area contributed by atoms with Crippen LogP contribution in [0.4, 0.5) is 29.0 Å². The normalized spacial score (nSPS) is 10.6. The van der Waals surface area contributed by atoms with Crippen molar-refractivity contribution in [2.45, 2.75) is 25.9 Å². The molecule has 7 nitrogen and oxygen atoms in total. The van der Waals surface area contributed by atoms with Gasteiger partial charge >= 0.3 is 0 Å². The lowest BCUT2D eigenvalue weighted by atomic mass is 10.2. The van der Waals surface area contributed by atoms with Gasteiger partial charge in [-0.25, -0.2) is 0 Å². The molecule has 0 spiro atoms. The zero-order valence-electron chi connectivity index (χ0n) is 19.6. The highest BCUT2D eigenvalue weighted by Gasteiger charge is 2.12. The SMILES string of the molecule is Cc1ccc(Nc2nc(Nc3ccc(C)cc3)nc(SCC(=O)Nc3cc(Cl)ccc3C)n2)cc1. The lowest BCUT2D eigenvalue weighted by molar-refractivity contribution is -0.113. The summed E-state index contributed by atoms with van der Waals surface area (Å²) in [6, 6.07) is 21.2. The van der Waals surface area contributed by atoms with Gasteiger partial charge < -0.3 is 16.0 Å². The largest absolute Gasteiger partial charge is 0.325 e. The number of benzene rings is 3. The molecule has 178 valence electrons. The number of carbonyl (C=O) groups excluding carboxylic acids is 1. The lowest BCUT2D eigenvalue weighted by Gasteiger charge is -2.11. The molecular formula is C26H25ClN6OS. The van der Waals surface area contributed by atoms with E-state index in [1.54, 1.807) is 12.1 Å². The van der Waals surface area contributed by atoms with E-state index in [9.17, 15) is 4.79 Å². The fourth-order valence-corrected chi connectivity index (χ4v) is 3.92. The number of rotatable bonds is 8. The molecule has 9 heteroatoms. The monoisotopic (exact) mass is 504 g/mol. The Labute approximate surface area is 213 Å². The van der Waals surface area contributed by atoms with E-state index in [0.29, 0.717) is 27.8 Å². The Morgan fingerprint density at radius 3 is 1.89 bits per heavy atom. The molecule has 3 N–H and O–H groups in total. The van der Waals surface area contributed by atoms with Crippen LogP contribution in [0.3, 0.4) is 0 Å². The molecule has 1 amide bonds. The van der Waals surface area contributed by atoms with Gasteiger partial charge in [0.15, 0.2) is 5.16 Å². The van der Waals surface area contributed by atoms with E-state index in [2.05, 4.69) is 30.9 Å². The first-order valence-electron chi connectivity index (χ1n) is 11.0. The average Bonchev–Trinajstić information content (AvgIpc) is 2.83. The van der Waals surface area contributed by atoms with Gasteiger partial charge in [0.2, 0.25) is 17.8 Å². The predicted octanol–water partition coefficient (Wildman–Crippen LogP) is 6.67. The van der Waals surface area contributed by atoms with Crippen molar-refractivity contribution in [1.29, 1.82) is 0 Å². The van der Waals surface area contributed by atoms with Crippen molar-refractivity contribution in [1.82, 2.24) is 15.0 Å². The van der Waals surface area contributed by atoms with E-state index in [4.69, 9.17) is 11.6 Å². The van der Waals surface area contributed by atoms with Crippen LogP contribution in [0, 0.1) is 20.8 Å². The maximum absolute atomic E-state index is 12.6. The van der Waals surface area contributed by atoms with E-state index in [1.807, 2.05) is 75.4 Å². The summed E-state index contributed by atoms with van der Waals surface area (Å²) in [4.78, 5) is 26.1. The van der Waals surface area contributed by atoms with Gasteiger partial charge in [-0.2, -0.15) is 15.0 Å². The predicted molar refractivity (Wildman–Crippen MR) is 144 cm³/mol. The van der Waals surface area contributed by atoms with Crippen molar-refractivity contribution < 1.29 is 4.79 Å². The first-order chi connectivity index (χ1) is 16.8. The highest BCUT2D eigenvalue weighted by molar-refractivity contribution is 7.99. The Kier molecular flexibility index (Phi) is 7.84. The molecule has 1 aromatic heterocycles. The number of hydrogen-bond acceptors (Lipinski definition) is 7. The quantitative estimate of drug-likeness (QED) is 0.231. The van der Waals surface area contributed by atoms with Gasteiger partial charge in [-0.15, -0.1) is 0 Å². The Morgan fingerprint density at radius 2 is 1.34 bits per heavy atom. The number of amides is 1. The van der Waals surface area contributed by atoms with E-state index in [-0.39, 0.29) is 11.7 Å². The minimum absolute atomic E-state index is 0.129. The van der Waals surface area contributed by atoms with E-state index < -0.39 is 0 Å². The summed E-state index contributed by atoms with van der Waals surface area (Å²) in [6.45, 7) is 5.97. The van der Waals surface area contributed by atoms with Crippen LogP contribution in [-0.4, -0.2) is 26.6 Å². The molecule has 0 saturated heterocycles. The maximum Gasteiger partial charge on any atom is 0.234 e. The summed E-state index contributed by atoms with van der Waals surface area (Å²) in [5, 5.41) is 10.3. The number of hydrogen-bond donors (Lipinski definition) is 3. The number of aromatic nitrogens is 3. The van der Waals surface area contributed by atoms with Crippen molar-refractivity contribution in [2.75, 3.05) is 21.7 Å². The molecule has 0 aliphatic carbocycles. The molecule has 0 fully saturated rings. The molecular weight excluding hydrogens is 480 g/mol. The van der Waals surface area contributed by atoms with Gasteiger partial charge in [-0.3, -0.25) is 4.79 Å². The van der Waals surface area contributed by atoms with Crippen LogP contribution in [0.1, 0.15) is 16.7 Å². The third kappa shape index (κ3) is 7.18. The number of aryl methyl sites for hydroxylation is 3. The summed E-state index contributed by atoms with van der Waals surface area (Å²) in [7, 11) is 0. The summed E-state index contributed by atoms with van der Waals surface area (Å²) in [5.41, 5.74) is 5.64. The highest BCUT2D eigenvalue weighted by Crippen LogP contribution is 2.24. The van der Waals surface area contributed by atoms with Crippen molar-refractivity contribution >= 4 is 58.2 Å². The molecule has 0 saturated carbocycles. The third-order valence-corrected chi connectivity index (χ3v) is 6.12. The van der Waals surface area contributed by atoms with E-state index in [0.717, 1.165) is 28.1 Å². The van der Waals surface area contributed by atoms with Gasteiger partial charge in [0.1, 0.15) is 0 Å². The topological polar surface area (TPSA) is 91.8 Å². The Morgan fingerprint density at radius 1 is 0.800 bits per heavy atom. The van der Waals surface area contributed by atoms with Crippen molar-refractivity contribution in [3.8, 4) is 0 Å². The fraction of sp³-hybridized carbons (Fsp3) is 0.154. The summed E-state index contributed by atoms with van der Waals surface area (Å²) < 4.78 is 0. The number of nitrogens with zero attached hydrogens (tertiary/aromatic N) is 3. The van der Waals surface area contributed by atoms with Crippen molar-refractivity contribution in [3.63, 3.8) is 0 Å². The molecule has 0 aliphatic rings. The fourth-order valence-electron chi connectivity index (χ4n) is 3.11. The molecule has 0 aliphatic heterocycles. The molecule has 4 rings (SSSR count). The molecule has 35 heavy (non-hydrogen) atoms. The van der Waals surface area contributed by atoms with Gasteiger partial charge in [0.25, 0.3) is 0 Å². The molecule has 0 unspecified atom stereocenters. The van der Waals surface area contributed by atoms with Crippen LogP contribution in [0.25, 0.3) is 0 Å². The van der Waals surface area contributed by atoms with E-state index >= 15 is 0 Å². The number of nitrogens with one attached hydrogen (secondary N) is 3. The third-order valence-electron chi connectivity index (χ3n) is 5.04. The summed E-state index contributed by atoms with van der Waals surface area (Å²) >= 11 is 7.29. The molecule has 0 bridgehead atoms. The maximum atomic E-state index is 12.6. The second kappa shape index (κ2) is 11.2. The summed E-state index contributed by atoms with van der Waals surface area (Å²) in [6.07, 6.45) is 0. The first kappa shape index (κ1) is 24.5. The number of halogens is 1. The highest BCUT2D eigenvalue weighted by atomic mass is 35.5. The molecule has 3 aromatic carbocycles. The molecule has 0 atom stereocenters. The van der Waals surface area contributed by atoms with Gasteiger partial charge in [0.05, 0.1) is 5.75 Å².